The zero-order chi connectivity index (χ0) is 31.5. The Morgan fingerprint density at radius 1 is 0.659 bits per heavy atom. The molecule has 4 aliphatic rings. The van der Waals surface area contributed by atoms with Crippen LogP contribution in [0.3, 0.4) is 0 Å². The molecule has 6 nitrogen and oxygen atoms in total. The number of ether oxygens (including phenoxy) is 4. The van der Waals surface area contributed by atoms with Gasteiger partial charge in [0, 0.05) is 64.5 Å². The van der Waals surface area contributed by atoms with Gasteiger partial charge in [-0.2, -0.15) is 0 Å². The lowest BCUT2D eigenvalue weighted by Gasteiger charge is -2.31. The van der Waals surface area contributed by atoms with E-state index in [1.54, 1.807) is 14.2 Å². The summed E-state index contributed by atoms with van der Waals surface area (Å²) < 4.78 is 21.8. The van der Waals surface area contributed by atoms with E-state index in [0.717, 1.165) is 35.5 Å². The van der Waals surface area contributed by atoms with E-state index in [1.165, 1.54) is 36.8 Å². The Bertz CT molecular complexity index is 1270. The van der Waals surface area contributed by atoms with Crippen LogP contribution < -0.4 is 9.47 Å². The summed E-state index contributed by atoms with van der Waals surface area (Å²) in [7, 11) is 3.40. The van der Waals surface area contributed by atoms with Crippen LogP contribution in [-0.2, 0) is 9.47 Å². The van der Waals surface area contributed by atoms with E-state index in [2.05, 4.69) is 39.8 Å². The van der Waals surface area contributed by atoms with Crippen LogP contribution >= 0.6 is 23.2 Å². The van der Waals surface area contributed by atoms with Crippen molar-refractivity contribution in [1.82, 2.24) is 0 Å². The second-order valence-electron chi connectivity index (χ2n) is 13.9. The summed E-state index contributed by atoms with van der Waals surface area (Å²) in [5, 5.41) is 1.33. The monoisotopic (exact) mass is 642 g/mol. The van der Waals surface area contributed by atoms with Crippen molar-refractivity contribution in [2.45, 2.75) is 90.1 Å². The summed E-state index contributed by atoms with van der Waals surface area (Å²) in [4.78, 5) is 9.60. The highest BCUT2D eigenvalue weighted by atomic mass is 35.5. The number of aliphatic imine (C=N–C) groups is 2. The third kappa shape index (κ3) is 7.14. The highest BCUT2D eigenvalue weighted by Gasteiger charge is 2.45. The minimum Gasteiger partial charge on any atom is -0.492 e. The maximum absolute atomic E-state index is 6.36. The molecule has 2 aliphatic heterocycles. The van der Waals surface area contributed by atoms with E-state index in [4.69, 9.17) is 52.1 Å². The molecule has 6 rings (SSSR count). The zero-order valence-electron chi connectivity index (χ0n) is 27.1. The number of hydrogen-bond acceptors (Lipinski definition) is 6. The van der Waals surface area contributed by atoms with Crippen molar-refractivity contribution in [2.75, 3.05) is 40.6 Å². The molecular weight excluding hydrogens is 595 g/mol. The molecule has 4 atom stereocenters. The molecule has 2 aromatic rings. The molecular formula is C36H48Cl2N2O4. The van der Waals surface area contributed by atoms with Crippen molar-refractivity contribution in [3.63, 3.8) is 0 Å². The van der Waals surface area contributed by atoms with Crippen LogP contribution in [0.25, 0.3) is 0 Å². The number of benzene rings is 2. The van der Waals surface area contributed by atoms with Crippen molar-refractivity contribution in [2.24, 2.45) is 20.8 Å². The third-order valence-electron chi connectivity index (χ3n) is 9.89. The Morgan fingerprint density at radius 2 is 1.07 bits per heavy atom. The average Bonchev–Trinajstić information content (AvgIpc) is 3.48. The maximum atomic E-state index is 6.36. The molecule has 44 heavy (non-hydrogen) atoms. The van der Waals surface area contributed by atoms with Crippen molar-refractivity contribution in [3.8, 4) is 11.5 Å². The second kappa shape index (κ2) is 14.1. The largest absolute Gasteiger partial charge is 0.492 e. The lowest BCUT2D eigenvalue weighted by atomic mass is 9.80. The molecule has 2 saturated carbocycles. The van der Waals surface area contributed by atoms with Gasteiger partial charge in [0.1, 0.15) is 11.5 Å². The molecule has 240 valence electrons. The van der Waals surface area contributed by atoms with Crippen LogP contribution in [0.2, 0.25) is 10.0 Å². The van der Waals surface area contributed by atoms with Crippen LogP contribution in [0, 0.1) is 10.8 Å². The Balaban J connectivity index is 0.000000175. The fourth-order valence-corrected chi connectivity index (χ4v) is 7.82. The summed E-state index contributed by atoms with van der Waals surface area (Å²) >= 11 is 12.7. The second-order valence-corrected chi connectivity index (χ2v) is 14.7. The molecule has 2 heterocycles. The Kier molecular flexibility index (Phi) is 10.7. The standard InChI is InChI=1S/2C18H24ClNO2/c2*1-18(2)6-5-13-14-10-16(22-8-4-7-21-3)15(19)9-12(14)11-20-17(13)18/h2*9-11,13,17H,4-8H2,1-3H3/t2*13-,17?/m10/s1. The Morgan fingerprint density at radius 3 is 1.45 bits per heavy atom. The van der Waals surface area contributed by atoms with E-state index < -0.39 is 0 Å². The zero-order valence-corrected chi connectivity index (χ0v) is 28.6. The summed E-state index contributed by atoms with van der Waals surface area (Å²) in [5.41, 5.74) is 5.53. The van der Waals surface area contributed by atoms with Gasteiger partial charge >= 0.3 is 0 Å². The first-order chi connectivity index (χ1) is 21.1. The van der Waals surface area contributed by atoms with E-state index in [9.17, 15) is 0 Å². The van der Waals surface area contributed by atoms with Crippen LogP contribution in [0.1, 0.15) is 100 Å². The molecule has 2 aliphatic carbocycles. The molecule has 0 aromatic heterocycles. The van der Waals surface area contributed by atoms with Crippen molar-refractivity contribution < 1.29 is 18.9 Å². The van der Waals surface area contributed by atoms with E-state index in [0.29, 0.717) is 60.4 Å². The van der Waals surface area contributed by atoms with Gasteiger partial charge in [-0.25, -0.2) is 0 Å². The molecule has 0 saturated heterocycles. The lowest BCUT2D eigenvalue weighted by Crippen LogP contribution is -2.28. The predicted molar refractivity (Wildman–Crippen MR) is 181 cm³/mol. The minimum absolute atomic E-state index is 0.276. The average molecular weight is 644 g/mol. The minimum atomic E-state index is 0.276. The molecule has 0 bridgehead atoms. The van der Waals surface area contributed by atoms with Gasteiger partial charge in [-0.3, -0.25) is 9.98 Å². The molecule has 8 heteroatoms. The van der Waals surface area contributed by atoms with Crippen molar-refractivity contribution in [1.29, 1.82) is 0 Å². The SMILES string of the molecule is COCCCOc1cc2c(cc1Cl)C=NC1[C@@H]2CCC1(C)C.COCCCOc1cc2c(cc1Cl)C=NC1[C@H]2CCC1(C)C. The van der Waals surface area contributed by atoms with Crippen LogP contribution in [0.4, 0.5) is 0 Å². The summed E-state index contributed by atoms with van der Waals surface area (Å²) in [5.74, 6) is 2.56. The van der Waals surface area contributed by atoms with Gasteiger partial charge < -0.3 is 18.9 Å². The molecule has 0 N–H and O–H groups in total. The molecule has 0 amide bonds. The predicted octanol–water partition coefficient (Wildman–Crippen LogP) is 8.92. The number of nitrogens with zero attached hydrogens (tertiary/aromatic N) is 2. The van der Waals surface area contributed by atoms with Crippen LogP contribution in [0.5, 0.6) is 11.5 Å². The molecule has 0 radical (unpaired) electrons. The van der Waals surface area contributed by atoms with Gasteiger partial charge in [0.15, 0.2) is 0 Å². The molecule has 0 spiro atoms. The first kappa shape index (κ1) is 33.2. The Labute approximate surface area is 273 Å². The quantitative estimate of drug-likeness (QED) is 0.243. The molecule has 2 fully saturated rings. The number of halogens is 2. The highest BCUT2D eigenvalue weighted by Crippen LogP contribution is 2.52. The molecule has 2 unspecified atom stereocenters. The lowest BCUT2D eigenvalue weighted by molar-refractivity contribution is 0.172. The Hall–Kier alpha value is -2.12. The van der Waals surface area contributed by atoms with E-state index in [1.807, 2.05) is 24.6 Å². The fourth-order valence-electron chi connectivity index (χ4n) is 7.37. The third-order valence-corrected chi connectivity index (χ3v) is 10.5. The maximum Gasteiger partial charge on any atom is 0.138 e. The van der Waals surface area contributed by atoms with Gasteiger partial charge in [0.05, 0.1) is 35.3 Å². The van der Waals surface area contributed by atoms with Crippen molar-refractivity contribution >= 4 is 35.6 Å². The van der Waals surface area contributed by atoms with Gasteiger partial charge in [-0.05, 0) is 83.0 Å². The summed E-state index contributed by atoms with van der Waals surface area (Å²) in [6, 6.07) is 9.01. The first-order valence-corrected chi connectivity index (χ1v) is 16.8. The smallest absolute Gasteiger partial charge is 0.138 e. The normalized spacial score (nSPS) is 24.9. The fraction of sp³-hybridized carbons (Fsp3) is 0.611. The summed E-state index contributed by atoms with van der Waals surface area (Å²) in [6.45, 7) is 11.9. The number of fused-ring (bicyclic) bond motifs is 6. The van der Waals surface area contributed by atoms with Crippen LogP contribution in [0.15, 0.2) is 34.3 Å². The van der Waals surface area contributed by atoms with Gasteiger partial charge in [-0.15, -0.1) is 0 Å². The van der Waals surface area contributed by atoms with Gasteiger partial charge in [-0.1, -0.05) is 50.9 Å². The number of hydrogen-bond donors (Lipinski definition) is 0. The van der Waals surface area contributed by atoms with E-state index in [-0.39, 0.29) is 10.8 Å². The number of methoxy groups -OCH3 is 2. The number of rotatable bonds is 10. The van der Waals surface area contributed by atoms with Crippen LogP contribution in [-0.4, -0.2) is 65.2 Å². The highest BCUT2D eigenvalue weighted by molar-refractivity contribution is 6.32. The van der Waals surface area contributed by atoms with Gasteiger partial charge in [0.2, 0.25) is 0 Å². The summed E-state index contributed by atoms with van der Waals surface area (Å²) in [6.07, 6.45) is 10.5. The first-order valence-electron chi connectivity index (χ1n) is 16.0. The van der Waals surface area contributed by atoms with Crippen molar-refractivity contribution in [3.05, 3.63) is 56.6 Å². The topological polar surface area (TPSA) is 61.6 Å². The molecule has 2 aromatic carbocycles. The van der Waals surface area contributed by atoms with Gasteiger partial charge in [0.25, 0.3) is 0 Å². The van der Waals surface area contributed by atoms with E-state index >= 15 is 0 Å².